The Morgan fingerprint density at radius 2 is 2.15 bits per heavy atom. The largest absolute Gasteiger partial charge is 0.476 e. The van der Waals surface area contributed by atoms with Gasteiger partial charge in [-0.2, -0.15) is 0 Å². The highest BCUT2D eigenvalue weighted by molar-refractivity contribution is 5.92. The Kier molecular flexibility index (Phi) is 4.41. The van der Waals surface area contributed by atoms with E-state index in [1.807, 2.05) is 6.92 Å². The van der Waals surface area contributed by atoms with Gasteiger partial charge in [-0.25, -0.2) is 9.48 Å². The van der Waals surface area contributed by atoms with Gasteiger partial charge in [0.1, 0.15) is 5.69 Å². The molecule has 0 aliphatic heterocycles. The molecule has 0 aliphatic carbocycles. The van der Waals surface area contributed by atoms with Gasteiger partial charge in [-0.15, -0.1) is 5.10 Å². The second kappa shape index (κ2) is 6.25. The summed E-state index contributed by atoms with van der Waals surface area (Å²) in [5, 5.41) is 17.0. The van der Waals surface area contributed by atoms with Gasteiger partial charge in [0.05, 0.1) is 6.04 Å². The minimum Gasteiger partial charge on any atom is -0.476 e. The summed E-state index contributed by atoms with van der Waals surface area (Å²) in [6.07, 6.45) is 3.94. The molecule has 2 heterocycles. The molecule has 0 saturated heterocycles. The third-order valence-corrected chi connectivity index (χ3v) is 3.01. The first-order valence-corrected chi connectivity index (χ1v) is 6.23. The fraction of sp³-hybridized carbons (Fsp3) is 0.385. The van der Waals surface area contributed by atoms with Gasteiger partial charge in [0.25, 0.3) is 0 Å². The van der Waals surface area contributed by atoms with Crippen molar-refractivity contribution in [3.63, 3.8) is 0 Å². The number of hydrogen-bond donors (Lipinski definition) is 1. The van der Waals surface area contributed by atoms with Crippen LogP contribution in [0, 0.1) is 0 Å². The van der Waals surface area contributed by atoms with E-state index in [1.165, 1.54) is 0 Å². The van der Waals surface area contributed by atoms with E-state index in [1.54, 1.807) is 36.3 Å². The van der Waals surface area contributed by atoms with Crippen molar-refractivity contribution in [3.05, 3.63) is 30.2 Å². The first-order valence-electron chi connectivity index (χ1n) is 6.23. The van der Waals surface area contributed by atoms with Crippen LogP contribution in [-0.4, -0.2) is 44.8 Å². The van der Waals surface area contributed by atoms with E-state index in [0.717, 1.165) is 12.0 Å². The summed E-state index contributed by atoms with van der Waals surface area (Å²) in [6.45, 7) is 2.52. The van der Waals surface area contributed by atoms with Crippen molar-refractivity contribution >= 4 is 5.97 Å². The molecule has 2 rings (SSSR count). The normalized spacial score (nSPS) is 12.3. The van der Waals surface area contributed by atoms with Gasteiger partial charge < -0.3 is 9.84 Å². The number of pyridine rings is 1. The van der Waals surface area contributed by atoms with Crippen molar-refractivity contribution in [1.82, 2.24) is 20.0 Å². The van der Waals surface area contributed by atoms with Gasteiger partial charge in [0.15, 0.2) is 5.69 Å². The molecule has 7 heteroatoms. The van der Waals surface area contributed by atoms with Crippen LogP contribution in [-0.2, 0) is 4.74 Å². The molecule has 2 aromatic rings. The predicted molar refractivity (Wildman–Crippen MR) is 71.4 cm³/mol. The van der Waals surface area contributed by atoms with E-state index in [9.17, 15) is 9.90 Å². The van der Waals surface area contributed by atoms with Crippen LogP contribution in [0.15, 0.2) is 24.5 Å². The summed E-state index contributed by atoms with van der Waals surface area (Å²) in [5.41, 5.74) is 1.16. The van der Waals surface area contributed by atoms with Gasteiger partial charge in [0, 0.05) is 31.7 Å². The monoisotopic (exact) mass is 276 g/mol. The number of carboxylic acid groups (broad SMARTS) is 1. The lowest BCUT2D eigenvalue weighted by molar-refractivity contribution is 0.0691. The van der Waals surface area contributed by atoms with Crippen LogP contribution in [0.4, 0.5) is 0 Å². The van der Waals surface area contributed by atoms with Crippen LogP contribution >= 0.6 is 0 Å². The molecule has 0 bridgehead atoms. The van der Waals surface area contributed by atoms with E-state index >= 15 is 0 Å². The molecule has 0 spiro atoms. The molecular weight excluding hydrogens is 260 g/mol. The minimum absolute atomic E-state index is 0.0151. The van der Waals surface area contributed by atoms with Crippen molar-refractivity contribution in [2.24, 2.45) is 0 Å². The van der Waals surface area contributed by atoms with Crippen LogP contribution in [0.3, 0.4) is 0 Å². The lowest BCUT2D eigenvalue weighted by Crippen LogP contribution is -2.12. The third-order valence-electron chi connectivity index (χ3n) is 3.01. The maximum absolute atomic E-state index is 11.3. The van der Waals surface area contributed by atoms with Crippen molar-refractivity contribution in [3.8, 4) is 11.3 Å². The average Bonchev–Trinajstić information content (AvgIpc) is 2.90. The molecule has 1 unspecified atom stereocenters. The summed E-state index contributed by atoms with van der Waals surface area (Å²) in [6, 6.07) is 3.47. The maximum atomic E-state index is 11.3. The minimum atomic E-state index is -1.10. The molecule has 0 amide bonds. The van der Waals surface area contributed by atoms with Crippen molar-refractivity contribution < 1.29 is 14.6 Å². The van der Waals surface area contributed by atoms with Gasteiger partial charge >= 0.3 is 5.97 Å². The average molecular weight is 276 g/mol. The molecule has 2 aromatic heterocycles. The lowest BCUT2D eigenvalue weighted by Gasteiger charge is -2.14. The zero-order valence-electron chi connectivity index (χ0n) is 11.4. The standard InChI is InChI=1S/C13H16N4O3/c1-9(5-8-20-2)17-12(10-3-6-14-7-4-10)11(13(18)19)15-16-17/h3-4,6-7,9H,5,8H2,1-2H3,(H,18,19). The number of aromatic carboxylic acids is 1. The number of rotatable bonds is 6. The Balaban J connectivity index is 2.46. The highest BCUT2D eigenvalue weighted by Gasteiger charge is 2.23. The number of carboxylic acids is 1. The van der Waals surface area contributed by atoms with E-state index in [4.69, 9.17) is 4.74 Å². The highest BCUT2D eigenvalue weighted by Crippen LogP contribution is 2.25. The predicted octanol–water partition coefficient (Wildman–Crippen LogP) is 1.64. The Morgan fingerprint density at radius 3 is 2.75 bits per heavy atom. The number of ether oxygens (including phenoxy) is 1. The Morgan fingerprint density at radius 1 is 1.45 bits per heavy atom. The second-order valence-electron chi connectivity index (χ2n) is 4.40. The first-order chi connectivity index (χ1) is 9.65. The summed E-state index contributed by atoms with van der Waals surface area (Å²) in [5.74, 6) is -1.10. The Hall–Kier alpha value is -2.28. The number of aromatic nitrogens is 4. The molecule has 1 N–H and O–H groups in total. The van der Waals surface area contributed by atoms with E-state index < -0.39 is 5.97 Å². The van der Waals surface area contributed by atoms with Crippen LogP contribution in [0.2, 0.25) is 0 Å². The molecule has 0 saturated carbocycles. The molecule has 0 aromatic carbocycles. The highest BCUT2D eigenvalue weighted by atomic mass is 16.5. The lowest BCUT2D eigenvalue weighted by atomic mass is 10.1. The Bertz CT molecular complexity index is 583. The zero-order valence-corrected chi connectivity index (χ0v) is 11.4. The number of nitrogens with zero attached hydrogens (tertiary/aromatic N) is 4. The quantitative estimate of drug-likeness (QED) is 0.862. The summed E-state index contributed by atoms with van der Waals surface area (Å²) < 4.78 is 6.67. The third kappa shape index (κ3) is 2.83. The summed E-state index contributed by atoms with van der Waals surface area (Å²) in [4.78, 5) is 15.2. The van der Waals surface area contributed by atoms with E-state index in [2.05, 4.69) is 15.3 Å². The molecule has 106 valence electrons. The van der Waals surface area contributed by atoms with E-state index in [0.29, 0.717) is 12.3 Å². The molecule has 1 atom stereocenters. The van der Waals surface area contributed by atoms with Gasteiger partial charge in [-0.3, -0.25) is 4.98 Å². The SMILES string of the molecule is COCCC(C)n1nnc(C(=O)O)c1-c1ccncc1. The summed E-state index contributed by atoms with van der Waals surface area (Å²) >= 11 is 0. The van der Waals surface area contributed by atoms with E-state index in [-0.39, 0.29) is 11.7 Å². The number of hydrogen-bond acceptors (Lipinski definition) is 5. The fourth-order valence-electron chi connectivity index (χ4n) is 1.94. The number of methoxy groups -OCH3 is 1. The van der Waals surface area contributed by atoms with Crippen LogP contribution in [0.1, 0.15) is 29.9 Å². The van der Waals surface area contributed by atoms with Crippen LogP contribution in [0.5, 0.6) is 0 Å². The molecule has 20 heavy (non-hydrogen) atoms. The molecule has 0 fully saturated rings. The van der Waals surface area contributed by atoms with Crippen molar-refractivity contribution in [2.75, 3.05) is 13.7 Å². The summed E-state index contributed by atoms with van der Waals surface area (Å²) in [7, 11) is 1.63. The smallest absolute Gasteiger partial charge is 0.358 e. The Labute approximate surface area is 116 Å². The fourth-order valence-corrected chi connectivity index (χ4v) is 1.94. The van der Waals surface area contributed by atoms with Crippen molar-refractivity contribution in [1.29, 1.82) is 0 Å². The molecular formula is C13H16N4O3. The van der Waals surface area contributed by atoms with Crippen LogP contribution < -0.4 is 0 Å². The molecule has 7 nitrogen and oxygen atoms in total. The first kappa shape index (κ1) is 14.1. The van der Waals surface area contributed by atoms with Gasteiger partial charge in [-0.1, -0.05) is 5.21 Å². The molecule has 0 radical (unpaired) electrons. The zero-order chi connectivity index (χ0) is 14.5. The second-order valence-corrected chi connectivity index (χ2v) is 4.40. The van der Waals surface area contributed by atoms with Gasteiger partial charge in [0.2, 0.25) is 0 Å². The number of carbonyl (C=O) groups is 1. The maximum Gasteiger partial charge on any atom is 0.358 e. The van der Waals surface area contributed by atoms with Crippen LogP contribution in [0.25, 0.3) is 11.3 Å². The van der Waals surface area contributed by atoms with Crippen molar-refractivity contribution in [2.45, 2.75) is 19.4 Å². The molecule has 0 aliphatic rings. The topological polar surface area (TPSA) is 90.1 Å². The van der Waals surface area contributed by atoms with Gasteiger partial charge in [-0.05, 0) is 25.5 Å².